The van der Waals surface area contributed by atoms with Crippen molar-refractivity contribution in [3.8, 4) is 28.4 Å². The van der Waals surface area contributed by atoms with E-state index in [1.165, 1.54) is 0 Å². The number of halogens is 1. The lowest BCUT2D eigenvalue weighted by atomic mass is 9.99. The Kier molecular flexibility index (Phi) is 6.70. The first-order valence-electron chi connectivity index (χ1n) is 11.9. The molecule has 0 spiro atoms. The zero-order valence-corrected chi connectivity index (χ0v) is 20.8. The molecule has 5 rings (SSSR count). The summed E-state index contributed by atoms with van der Waals surface area (Å²) in [5.74, 6) is 1.50. The minimum atomic E-state index is -0.569. The second-order valence-electron chi connectivity index (χ2n) is 8.65. The van der Waals surface area contributed by atoms with Gasteiger partial charge in [0.1, 0.15) is 17.1 Å². The van der Waals surface area contributed by atoms with Crippen molar-refractivity contribution in [2.45, 2.75) is 33.1 Å². The molecule has 1 aromatic heterocycles. The maximum Gasteiger partial charge on any atom is 0.345 e. The van der Waals surface area contributed by atoms with Crippen molar-refractivity contribution in [1.29, 1.82) is 0 Å². The van der Waals surface area contributed by atoms with Gasteiger partial charge in [-0.15, -0.1) is 0 Å². The van der Waals surface area contributed by atoms with Crippen LogP contribution in [-0.4, -0.2) is 19.2 Å². The second kappa shape index (κ2) is 10.1. The Morgan fingerprint density at radius 3 is 2.58 bits per heavy atom. The minimum absolute atomic E-state index is 0.162. The number of esters is 1. The number of benzene rings is 3. The summed E-state index contributed by atoms with van der Waals surface area (Å²) in [6, 6.07) is 15.6. The van der Waals surface area contributed by atoms with Gasteiger partial charge in [-0.05, 0) is 54.8 Å². The number of fused-ring (bicyclic) bond motifs is 2. The zero-order chi connectivity index (χ0) is 25.2. The predicted octanol–water partition coefficient (Wildman–Crippen LogP) is 6.75. The Hall–Kier alpha value is -3.77. The molecule has 0 atom stereocenters. The molecule has 0 aliphatic carbocycles. The molecule has 1 aliphatic heterocycles. The van der Waals surface area contributed by atoms with E-state index in [1.54, 1.807) is 43.3 Å². The number of rotatable bonds is 5. The SMILES string of the molecule is CCCc1cc2c(=O)c(-c3ccc4c(c3)OCCCO4)c(C)oc2cc1OC(=O)c1ccccc1Cl. The molecule has 3 aromatic carbocycles. The van der Waals surface area contributed by atoms with Crippen LogP contribution in [0.5, 0.6) is 17.2 Å². The molecule has 1 aliphatic rings. The molecule has 0 bridgehead atoms. The summed E-state index contributed by atoms with van der Waals surface area (Å²) in [5.41, 5.74) is 2.34. The second-order valence-corrected chi connectivity index (χ2v) is 9.06. The van der Waals surface area contributed by atoms with Crippen molar-refractivity contribution in [1.82, 2.24) is 0 Å². The predicted molar refractivity (Wildman–Crippen MR) is 139 cm³/mol. The average molecular weight is 505 g/mol. The van der Waals surface area contributed by atoms with Gasteiger partial charge in [0.05, 0.1) is 34.7 Å². The molecule has 0 amide bonds. The van der Waals surface area contributed by atoms with Gasteiger partial charge in [-0.25, -0.2) is 4.79 Å². The number of ether oxygens (including phenoxy) is 3. The molecular weight excluding hydrogens is 480 g/mol. The van der Waals surface area contributed by atoms with Crippen molar-refractivity contribution in [3.63, 3.8) is 0 Å². The van der Waals surface area contributed by atoms with E-state index in [1.807, 2.05) is 25.1 Å². The van der Waals surface area contributed by atoms with Gasteiger partial charge in [-0.3, -0.25) is 4.79 Å². The van der Waals surface area contributed by atoms with E-state index in [9.17, 15) is 9.59 Å². The van der Waals surface area contributed by atoms with E-state index in [0.29, 0.717) is 69.8 Å². The van der Waals surface area contributed by atoms with Crippen molar-refractivity contribution in [3.05, 3.63) is 86.7 Å². The smallest absolute Gasteiger partial charge is 0.345 e. The molecule has 7 heteroatoms. The molecule has 4 aromatic rings. The lowest BCUT2D eigenvalue weighted by Crippen LogP contribution is -2.12. The third-order valence-corrected chi connectivity index (χ3v) is 6.43. The van der Waals surface area contributed by atoms with Crippen molar-refractivity contribution in [2.24, 2.45) is 0 Å². The van der Waals surface area contributed by atoms with Crippen molar-refractivity contribution in [2.75, 3.05) is 13.2 Å². The maximum absolute atomic E-state index is 13.7. The highest BCUT2D eigenvalue weighted by molar-refractivity contribution is 6.33. The standard InChI is InChI=1S/C29H25ClO6/c1-3-7-18-14-21-25(16-24(18)36-29(32)20-8-4-5-9-22(20)30)35-17(2)27(28(21)31)19-10-11-23-26(15-19)34-13-6-12-33-23/h4-5,8-11,14-16H,3,6-7,12-13H2,1-2H3. The average Bonchev–Trinajstić information content (AvgIpc) is 3.10. The van der Waals surface area contributed by atoms with Crippen LogP contribution in [0, 0.1) is 6.92 Å². The van der Waals surface area contributed by atoms with Crippen LogP contribution < -0.4 is 19.6 Å². The van der Waals surface area contributed by atoms with Crippen LogP contribution in [0.25, 0.3) is 22.1 Å². The van der Waals surface area contributed by atoms with Gasteiger partial charge in [-0.2, -0.15) is 0 Å². The van der Waals surface area contributed by atoms with E-state index < -0.39 is 5.97 Å². The molecule has 184 valence electrons. The normalized spacial score (nSPS) is 12.9. The van der Waals surface area contributed by atoms with Crippen LogP contribution in [0.15, 0.2) is 63.8 Å². The largest absolute Gasteiger partial charge is 0.490 e. The quantitative estimate of drug-likeness (QED) is 0.221. The molecule has 0 saturated carbocycles. The fourth-order valence-corrected chi connectivity index (χ4v) is 4.59. The monoisotopic (exact) mass is 504 g/mol. The van der Waals surface area contributed by atoms with Crippen LogP contribution in [0.1, 0.15) is 41.4 Å². The third-order valence-electron chi connectivity index (χ3n) is 6.10. The fraction of sp³-hybridized carbons (Fsp3) is 0.241. The Morgan fingerprint density at radius 1 is 1.03 bits per heavy atom. The minimum Gasteiger partial charge on any atom is -0.490 e. The summed E-state index contributed by atoms with van der Waals surface area (Å²) in [4.78, 5) is 26.5. The van der Waals surface area contributed by atoms with Crippen LogP contribution >= 0.6 is 11.6 Å². The molecule has 0 saturated heterocycles. The van der Waals surface area contributed by atoms with Crippen LogP contribution in [0.2, 0.25) is 5.02 Å². The van der Waals surface area contributed by atoms with Gasteiger partial charge in [0.25, 0.3) is 0 Å². The summed E-state index contributed by atoms with van der Waals surface area (Å²) in [6.07, 6.45) is 2.22. The fourth-order valence-electron chi connectivity index (χ4n) is 4.37. The van der Waals surface area contributed by atoms with E-state index >= 15 is 0 Å². The number of carbonyl (C=O) groups is 1. The molecule has 0 radical (unpaired) electrons. The third kappa shape index (κ3) is 4.56. The van der Waals surface area contributed by atoms with Gasteiger partial charge in [-0.1, -0.05) is 43.1 Å². The lowest BCUT2D eigenvalue weighted by Gasteiger charge is -2.14. The van der Waals surface area contributed by atoms with Crippen molar-refractivity contribution < 1.29 is 23.4 Å². The van der Waals surface area contributed by atoms with E-state index in [2.05, 4.69) is 0 Å². The first kappa shape index (κ1) is 23.9. The Labute approximate surface area is 213 Å². The van der Waals surface area contributed by atoms with Gasteiger partial charge in [0, 0.05) is 12.5 Å². The van der Waals surface area contributed by atoms with Gasteiger partial charge < -0.3 is 18.6 Å². The summed E-state index contributed by atoms with van der Waals surface area (Å²) in [7, 11) is 0. The summed E-state index contributed by atoms with van der Waals surface area (Å²) in [6.45, 7) is 4.91. The summed E-state index contributed by atoms with van der Waals surface area (Å²) < 4.78 is 23.3. The van der Waals surface area contributed by atoms with Crippen LogP contribution in [-0.2, 0) is 6.42 Å². The number of hydrogen-bond donors (Lipinski definition) is 0. The van der Waals surface area contributed by atoms with Crippen molar-refractivity contribution >= 4 is 28.5 Å². The topological polar surface area (TPSA) is 75.0 Å². The highest BCUT2D eigenvalue weighted by atomic mass is 35.5. The lowest BCUT2D eigenvalue weighted by molar-refractivity contribution is 0.0733. The molecule has 36 heavy (non-hydrogen) atoms. The number of aryl methyl sites for hydroxylation is 2. The van der Waals surface area contributed by atoms with Crippen LogP contribution in [0.3, 0.4) is 0 Å². The van der Waals surface area contributed by atoms with Gasteiger partial charge in [0.15, 0.2) is 11.5 Å². The van der Waals surface area contributed by atoms with E-state index in [0.717, 1.165) is 18.4 Å². The molecule has 2 heterocycles. The zero-order valence-electron chi connectivity index (χ0n) is 20.1. The molecule has 0 fully saturated rings. The first-order chi connectivity index (χ1) is 17.5. The van der Waals surface area contributed by atoms with E-state index in [-0.39, 0.29) is 11.0 Å². The highest BCUT2D eigenvalue weighted by Crippen LogP contribution is 2.36. The highest BCUT2D eigenvalue weighted by Gasteiger charge is 2.21. The van der Waals surface area contributed by atoms with E-state index in [4.69, 9.17) is 30.2 Å². The molecule has 6 nitrogen and oxygen atoms in total. The molecule has 0 unspecified atom stereocenters. The Bertz CT molecular complexity index is 1520. The molecule has 0 N–H and O–H groups in total. The van der Waals surface area contributed by atoms with Crippen LogP contribution in [0.4, 0.5) is 0 Å². The summed E-state index contributed by atoms with van der Waals surface area (Å²) >= 11 is 6.17. The first-order valence-corrected chi connectivity index (χ1v) is 12.3. The maximum atomic E-state index is 13.7. The Morgan fingerprint density at radius 2 is 1.81 bits per heavy atom. The summed E-state index contributed by atoms with van der Waals surface area (Å²) in [5, 5.41) is 0.728. The number of hydrogen-bond acceptors (Lipinski definition) is 6. The molecular formula is C29H25ClO6. The van der Waals surface area contributed by atoms with Gasteiger partial charge >= 0.3 is 5.97 Å². The number of carbonyl (C=O) groups excluding carboxylic acids is 1. The van der Waals surface area contributed by atoms with Gasteiger partial charge in [0.2, 0.25) is 5.43 Å². The Balaban J connectivity index is 1.59.